The monoisotopic (exact) mass is 505 g/mol. The van der Waals surface area contributed by atoms with Gasteiger partial charge in [0.1, 0.15) is 23.0 Å². The number of aliphatic hydroxyl groups is 1. The van der Waals surface area contributed by atoms with Crippen molar-refractivity contribution in [3.8, 4) is 5.75 Å². The number of aromatic nitrogens is 2. The number of ether oxygens (including phenoxy) is 2. The van der Waals surface area contributed by atoms with Gasteiger partial charge >= 0.3 is 11.9 Å². The summed E-state index contributed by atoms with van der Waals surface area (Å²) in [5, 5.41) is 11.3. The molecule has 1 saturated heterocycles. The van der Waals surface area contributed by atoms with Crippen LogP contribution in [-0.4, -0.2) is 45.9 Å². The van der Waals surface area contributed by atoms with E-state index in [2.05, 4.69) is 16.5 Å². The molecule has 3 heterocycles. The van der Waals surface area contributed by atoms with Crippen molar-refractivity contribution in [1.82, 2.24) is 9.97 Å². The Morgan fingerprint density at radius 3 is 2.64 bits per heavy atom. The van der Waals surface area contributed by atoms with Gasteiger partial charge < -0.3 is 14.6 Å². The molecular weight excluding hydrogens is 482 g/mol. The predicted molar refractivity (Wildman–Crippen MR) is 134 cm³/mol. The van der Waals surface area contributed by atoms with Crippen LogP contribution in [0, 0.1) is 6.92 Å². The number of carbonyl (C=O) groups excluding carboxylic acids is 3. The normalized spacial score (nSPS) is 16.7. The molecule has 0 aliphatic carbocycles. The van der Waals surface area contributed by atoms with Gasteiger partial charge in [-0.3, -0.25) is 19.5 Å². The Labute approximate surface area is 211 Å². The van der Waals surface area contributed by atoms with Gasteiger partial charge in [-0.2, -0.15) is 0 Å². The van der Waals surface area contributed by atoms with Gasteiger partial charge in [-0.15, -0.1) is 0 Å². The van der Waals surface area contributed by atoms with Gasteiger partial charge in [-0.05, 0) is 49.7 Å². The van der Waals surface area contributed by atoms with E-state index in [1.807, 2.05) is 0 Å². The molecule has 0 unspecified atom stereocenters. The second-order valence-corrected chi connectivity index (χ2v) is 8.69. The maximum Gasteiger partial charge on any atom is 0.350 e. The van der Waals surface area contributed by atoms with Crippen LogP contribution in [0.4, 0.5) is 5.13 Å². The second kappa shape index (κ2) is 10.5. The molecule has 0 bridgehead atoms. The lowest BCUT2D eigenvalue weighted by molar-refractivity contribution is -0.132. The Hall–Kier alpha value is -4.31. The summed E-state index contributed by atoms with van der Waals surface area (Å²) in [7, 11) is 0. The fourth-order valence-corrected chi connectivity index (χ4v) is 4.76. The smallest absolute Gasteiger partial charge is 0.350 e. The van der Waals surface area contributed by atoms with Crippen molar-refractivity contribution >= 4 is 39.9 Å². The number of esters is 1. The molecule has 1 aliphatic heterocycles. The highest BCUT2D eigenvalue weighted by atomic mass is 32.1. The Kier molecular flexibility index (Phi) is 7.25. The first kappa shape index (κ1) is 24.8. The van der Waals surface area contributed by atoms with Crippen molar-refractivity contribution in [1.29, 1.82) is 0 Å². The number of rotatable bonds is 8. The summed E-state index contributed by atoms with van der Waals surface area (Å²) >= 11 is 0.946. The van der Waals surface area contributed by atoms with E-state index >= 15 is 0 Å². The van der Waals surface area contributed by atoms with E-state index in [0.717, 1.165) is 11.3 Å². The minimum Gasteiger partial charge on any atom is -0.507 e. The molecule has 3 aromatic rings. The molecule has 2 aromatic heterocycles. The van der Waals surface area contributed by atoms with Crippen molar-refractivity contribution in [2.45, 2.75) is 19.9 Å². The van der Waals surface area contributed by atoms with Crippen LogP contribution in [0.15, 0.2) is 67.0 Å². The highest BCUT2D eigenvalue weighted by Gasteiger charge is 2.48. The number of aryl methyl sites for hydroxylation is 1. The molecule has 0 radical (unpaired) electrons. The van der Waals surface area contributed by atoms with E-state index in [4.69, 9.17) is 9.47 Å². The molecule has 184 valence electrons. The van der Waals surface area contributed by atoms with Gasteiger partial charge in [0.25, 0.3) is 5.78 Å². The highest BCUT2D eigenvalue weighted by molar-refractivity contribution is 7.17. The number of hydrogen-bond donors (Lipinski definition) is 1. The third-order valence-electron chi connectivity index (χ3n) is 5.39. The minimum absolute atomic E-state index is 0.113. The molecule has 1 N–H and O–H groups in total. The number of nitrogens with zero attached hydrogens (tertiary/aromatic N) is 3. The topological polar surface area (TPSA) is 119 Å². The van der Waals surface area contributed by atoms with Crippen molar-refractivity contribution in [2.24, 2.45) is 0 Å². The molecular formula is C26H23N3O6S. The van der Waals surface area contributed by atoms with E-state index in [0.29, 0.717) is 29.2 Å². The summed E-state index contributed by atoms with van der Waals surface area (Å²) in [4.78, 5) is 48.8. The van der Waals surface area contributed by atoms with Gasteiger partial charge in [0.15, 0.2) is 5.13 Å². The molecule has 0 saturated carbocycles. The van der Waals surface area contributed by atoms with E-state index in [9.17, 15) is 19.5 Å². The average molecular weight is 506 g/mol. The summed E-state index contributed by atoms with van der Waals surface area (Å²) in [6, 6.07) is 8.83. The first-order valence-electron chi connectivity index (χ1n) is 11.1. The van der Waals surface area contributed by atoms with Gasteiger partial charge in [0, 0.05) is 18.0 Å². The van der Waals surface area contributed by atoms with Crippen molar-refractivity contribution < 1.29 is 29.0 Å². The Balaban J connectivity index is 1.83. The molecule has 1 atom stereocenters. The van der Waals surface area contributed by atoms with Crippen LogP contribution in [0.1, 0.15) is 39.5 Å². The number of anilines is 1. The lowest BCUT2D eigenvalue weighted by Gasteiger charge is -2.22. The SMILES string of the molecule is C=CCOc1ccc(/C(O)=C2\C(=O)C(=O)N(c3nc(C)c(C(=O)OCC)s3)[C@@H]2c2cccnc2)cc1. The molecule has 0 spiro atoms. The standard InChI is InChI=1S/C26H23N3O6S/c1-4-13-35-18-10-8-16(9-11-18)21(30)19-20(17-7-6-12-27-14-17)29(24(32)22(19)31)26-28-15(3)23(36-26)25(33)34-5-2/h4,6-12,14,20,30H,1,5,13H2,2-3H3/b21-19+/t20-/m1/s1. The third-order valence-corrected chi connectivity index (χ3v) is 6.53. The second-order valence-electron chi connectivity index (χ2n) is 7.71. The van der Waals surface area contributed by atoms with E-state index in [-0.39, 0.29) is 27.9 Å². The predicted octanol–water partition coefficient (Wildman–Crippen LogP) is 4.21. The Bertz CT molecular complexity index is 1350. The largest absolute Gasteiger partial charge is 0.507 e. The number of aliphatic hydroxyl groups excluding tert-OH is 1. The number of ketones is 1. The quantitative estimate of drug-likeness (QED) is 0.159. The van der Waals surface area contributed by atoms with Crippen molar-refractivity contribution in [3.63, 3.8) is 0 Å². The van der Waals surface area contributed by atoms with Crippen LogP contribution < -0.4 is 9.64 Å². The molecule has 10 heteroatoms. The van der Waals surface area contributed by atoms with Crippen LogP contribution in [0.2, 0.25) is 0 Å². The molecule has 1 amide bonds. The molecule has 4 rings (SSSR count). The highest BCUT2D eigenvalue weighted by Crippen LogP contribution is 2.43. The maximum absolute atomic E-state index is 13.3. The molecule has 1 aromatic carbocycles. The fraction of sp³-hybridized carbons (Fsp3) is 0.192. The number of pyridine rings is 1. The Morgan fingerprint density at radius 2 is 2.00 bits per heavy atom. The summed E-state index contributed by atoms with van der Waals surface area (Å²) in [6.07, 6.45) is 4.68. The first-order valence-corrected chi connectivity index (χ1v) is 11.9. The lowest BCUT2D eigenvalue weighted by atomic mass is 9.96. The zero-order valence-electron chi connectivity index (χ0n) is 19.6. The average Bonchev–Trinajstić information content (AvgIpc) is 3.40. The summed E-state index contributed by atoms with van der Waals surface area (Å²) < 4.78 is 10.6. The molecule has 1 fully saturated rings. The van der Waals surface area contributed by atoms with Crippen LogP contribution in [-0.2, 0) is 14.3 Å². The Morgan fingerprint density at radius 1 is 1.25 bits per heavy atom. The van der Waals surface area contributed by atoms with Gasteiger partial charge in [0.05, 0.1) is 23.9 Å². The molecule has 36 heavy (non-hydrogen) atoms. The minimum atomic E-state index is -1.00. The third kappa shape index (κ3) is 4.63. The zero-order chi connectivity index (χ0) is 25.8. The lowest BCUT2D eigenvalue weighted by Crippen LogP contribution is -2.29. The number of hydrogen-bond acceptors (Lipinski definition) is 9. The summed E-state index contributed by atoms with van der Waals surface area (Å²) in [5.74, 6) is -2.11. The van der Waals surface area contributed by atoms with E-state index < -0.39 is 23.7 Å². The van der Waals surface area contributed by atoms with Crippen LogP contribution in [0.25, 0.3) is 5.76 Å². The van der Waals surface area contributed by atoms with Crippen molar-refractivity contribution in [3.05, 3.63) is 88.7 Å². The van der Waals surface area contributed by atoms with Crippen LogP contribution >= 0.6 is 11.3 Å². The number of carbonyl (C=O) groups is 3. The van der Waals surface area contributed by atoms with E-state index in [1.54, 1.807) is 62.5 Å². The van der Waals surface area contributed by atoms with Gasteiger partial charge in [-0.1, -0.05) is 30.1 Å². The van der Waals surface area contributed by atoms with E-state index in [1.165, 1.54) is 11.1 Å². The zero-order valence-corrected chi connectivity index (χ0v) is 20.4. The first-order chi connectivity index (χ1) is 17.4. The van der Waals surface area contributed by atoms with Gasteiger partial charge in [-0.25, -0.2) is 9.78 Å². The van der Waals surface area contributed by atoms with Gasteiger partial charge in [0.2, 0.25) is 0 Å². The summed E-state index contributed by atoms with van der Waals surface area (Å²) in [6.45, 7) is 7.42. The van der Waals surface area contributed by atoms with Crippen LogP contribution in [0.5, 0.6) is 5.75 Å². The number of amides is 1. The molecule has 9 nitrogen and oxygen atoms in total. The van der Waals surface area contributed by atoms with Crippen LogP contribution in [0.3, 0.4) is 0 Å². The number of benzene rings is 1. The number of thiazole rings is 1. The maximum atomic E-state index is 13.3. The molecule has 1 aliphatic rings. The van der Waals surface area contributed by atoms with Crippen molar-refractivity contribution in [2.75, 3.05) is 18.1 Å². The number of Topliss-reactive ketones (excluding diaryl/α,β-unsaturated/α-hetero) is 1. The summed E-state index contributed by atoms with van der Waals surface area (Å²) in [5.41, 5.74) is 1.08. The fourth-order valence-electron chi connectivity index (χ4n) is 3.77.